The lowest BCUT2D eigenvalue weighted by Gasteiger charge is -2.03. The zero-order valence-electron chi connectivity index (χ0n) is 6.96. The number of nitrogens with one attached hydrogen (secondary N) is 1. The number of hydrogen-bond donors (Lipinski definition) is 1. The monoisotopic (exact) mass is 175 g/mol. The highest BCUT2D eigenvalue weighted by atomic mass is 15.5. The van der Waals surface area contributed by atoms with Gasteiger partial charge in [-0.05, 0) is 12.1 Å². The highest BCUT2D eigenvalue weighted by Crippen LogP contribution is 1.92. The molecule has 0 saturated carbocycles. The molecule has 1 N–H and O–H groups in total. The average Bonchev–Trinajstić information content (AvgIpc) is 2.69. The Bertz CT molecular complexity index is 342. The summed E-state index contributed by atoms with van der Waals surface area (Å²) in [7, 11) is 0. The topological polar surface area (TPSA) is 55.6 Å². The van der Waals surface area contributed by atoms with Crippen LogP contribution in [0.15, 0.2) is 37.1 Å². The molecule has 5 nitrogen and oxygen atoms in total. The Morgan fingerprint density at radius 2 is 2.08 bits per heavy atom. The minimum Gasteiger partial charge on any atom is -0.317 e. The second kappa shape index (κ2) is 3.66. The second-order valence-corrected chi connectivity index (χ2v) is 2.53. The normalized spacial score (nSPS) is 9.85. The lowest BCUT2D eigenvalue weighted by Crippen LogP contribution is -2.12. The first-order chi connectivity index (χ1) is 6.45. The van der Waals surface area contributed by atoms with Crippen molar-refractivity contribution in [1.82, 2.24) is 19.9 Å². The molecule has 0 spiro atoms. The van der Waals surface area contributed by atoms with Gasteiger partial charge in [0.05, 0.1) is 12.2 Å². The molecule has 2 rings (SSSR count). The summed E-state index contributed by atoms with van der Waals surface area (Å²) in [6, 6.07) is 5.80. The fourth-order valence-corrected chi connectivity index (χ4v) is 0.957. The van der Waals surface area contributed by atoms with Crippen molar-refractivity contribution in [2.75, 3.05) is 5.43 Å². The third-order valence-corrected chi connectivity index (χ3v) is 1.59. The van der Waals surface area contributed by atoms with Gasteiger partial charge < -0.3 is 5.43 Å². The molecule has 13 heavy (non-hydrogen) atoms. The Labute approximate surface area is 75.4 Å². The van der Waals surface area contributed by atoms with Crippen molar-refractivity contribution in [2.45, 2.75) is 6.54 Å². The Morgan fingerprint density at radius 3 is 2.77 bits per heavy atom. The van der Waals surface area contributed by atoms with E-state index in [1.54, 1.807) is 23.5 Å². The molecule has 0 unspecified atom stereocenters. The van der Waals surface area contributed by atoms with Crippen LogP contribution in [0.5, 0.6) is 0 Å². The quantitative estimate of drug-likeness (QED) is 0.734. The summed E-state index contributed by atoms with van der Waals surface area (Å²) in [5.74, 6) is 0. The van der Waals surface area contributed by atoms with E-state index in [0.29, 0.717) is 6.54 Å². The molecule has 2 aromatic rings. The van der Waals surface area contributed by atoms with Gasteiger partial charge in [-0.2, -0.15) is 0 Å². The summed E-state index contributed by atoms with van der Waals surface area (Å²) in [5.41, 5.74) is 4.05. The SMILES string of the molecule is c1ccc(CNn2cnnc2)nc1. The van der Waals surface area contributed by atoms with Gasteiger partial charge in [-0.25, -0.2) is 4.68 Å². The molecule has 0 atom stereocenters. The van der Waals surface area contributed by atoms with Crippen LogP contribution < -0.4 is 5.43 Å². The fourth-order valence-electron chi connectivity index (χ4n) is 0.957. The van der Waals surface area contributed by atoms with E-state index in [9.17, 15) is 0 Å². The van der Waals surface area contributed by atoms with Crippen molar-refractivity contribution in [1.29, 1.82) is 0 Å². The molecule has 0 aliphatic heterocycles. The van der Waals surface area contributed by atoms with E-state index in [4.69, 9.17) is 0 Å². The van der Waals surface area contributed by atoms with Gasteiger partial charge in [0.1, 0.15) is 12.7 Å². The van der Waals surface area contributed by atoms with Crippen LogP contribution in [0, 0.1) is 0 Å². The Morgan fingerprint density at radius 1 is 1.23 bits per heavy atom. The zero-order valence-corrected chi connectivity index (χ0v) is 6.96. The zero-order chi connectivity index (χ0) is 8.93. The minimum absolute atomic E-state index is 0.666. The lowest BCUT2D eigenvalue weighted by molar-refractivity contribution is 0.819. The molecule has 0 radical (unpaired) electrons. The van der Waals surface area contributed by atoms with Crippen LogP contribution in [0.4, 0.5) is 0 Å². The second-order valence-electron chi connectivity index (χ2n) is 2.53. The number of aromatic nitrogens is 4. The van der Waals surface area contributed by atoms with Gasteiger partial charge in [0.25, 0.3) is 0 Å². The average molecular weight is 175 g/mol. The van der Waals surface area contributed by atoms with Gasteiger partial charge in [0, 0.05) is 6.20 Å². The third kappa shape index (κ3) is 2.02. The van der Waals surface area contributed by atoms with Crippen LogP contribution in [0.25, 0.3) is 0 Å². The Kier molecular flexibility index (Phi) is 2.18. The molecule has 2 aromatic heterocycles. The summed E-state index contributed by atoms with van der Waals surface area (Å²) >= 11 is 0. The van der Waals surface area contributed by atoms with Crippen molar-refractivity contribution in [2.24, 2.45) is 0 Å². The van der Waals surface area contributed by atoms with Crippen molar-refractivity contribution < 1.29 is 0 Å². The van der Waals surface area contributed by atoms with Crippen LogP contribution in [0.2, 0.25) is 0 Å². The predicted molar refractivity (Wildman–Crippen MR) is 47.3 cm³/mol. The van der Waals surface area contributed by atoms with E-state index >= 15 is 0 Å². The highest BCUT2D eigenvalue weighted by Gasteiger charge is 1.91. The van der Waals surface area contributed by atoms with Crippen LogP contribution in [-0.2, 0) is 6.54 Å². The number of hydrogen-bond acceptors (Lipinski definition) is 4. The summed E-state index contributed by atoms with van der Waals surface area (Å²) in [6.07, 6.45) is 4.97. The van der Waals surface area contributed by atoms with Crippen molar-refractivity contribution in [3.8, 4) is 0 Å². The van der Waals surface area contributed by atoms with Crippen LogP contribution in [-0.4, -0.2) is 19.9 Å². The van der Waals surface area contributed by atoms with Gasteiger partial charge in [0.2, 0.25) is 0 Å². The van der Waals surface area contributed by atoms with Gasteiger partial charge in [0.15, 0.2) is 0 Å². The van der Waals surface area contributed by atoms with Crippen LogP contribution in [0.1, 0.15) is 5.69 Å². The van der Waals surface area contributed by atoms with Crippen LogP contribution >= 0.6 is 0 Å². The molecule has 0 fully saturated rings. The molecule has 66 valence electrons. The van der Waals surface area contributed by atoms with E-state index in [-0.39, 0.29) is 0 Å². The summed E-state index contributed by atoms with van der Waals surface area (Å²) in [6.45, 7) is 0.666. The Hall–Kier alpha value is -1.91. The number of rotatable bonds is 3. The van der Waals surface area contributed by atoms with E-state index in [2.05, 4.69) is 20.6 Å². The van der Waals surface area contributed by atoms with E-state index in [1.165, 1.54) is 0 Å². The van der Waals surface area contributed by atoms with Crippen molar-refractivity contribution in [3.63, 3.8) is 0 Å². The molecule has 0 bridgehead atoms. The first-order valence-corrected chi connectivity index (χ1v) is 3.93. The highest BCUT2D eigenvalue weighted by molar-refractivity contribution is 5.04. The first-order valence-electron chi connectivity index (χ1n) is 3.93. The summed E-state index contributed by atoms with van der Waals surface area (Å²) < 4.78 is 1.69. The predicted octanol–water partition coefficient (Wildman–Crippen LogP) is 0.417. The van der Waals surface area contributed by atoms with Gasteiger partial charge in [-0.3, -0.25) is 4.98 Å². The summed E-state index contributed by atoms with van der Waals surface area (Å²) in [4.78, 5) is 4.16. The van der Waals surface area contributed by atoms with Gasteiger partial charge in [-0.1, -0.05) is 6.07 Å². The van der Waals surface area contributed by atoms with E-state index in [1.807, 2.05) is 18.2 Å². The minimum atomic E-state index is 0.666. The maximum atomic E-state index is 4.16. The van der Waals surface area contributed by atoms with E-state index < -0.39 is 0 Å². The maximum Gasteiger partial charge on any atom is 0.138 e. The number of nitrogens with zero attached hydrogens (tertiary/aromatic N) is 4. The third-order valence-electron chi connectivity index (χ3n) is 1.59. The van der Waals surface area contributed by atoms with Gasteiger partial charge in [-0.15, -0.1) is 10.2 Å². The molecular weight excluding hydrogens is 166 g/mol. The summed E-state index contributed by atoms with van der Waals surface area (Å²) in [5, 5.41) is 7.33. The standard InChI is InChI=1S/C8H9N5/c1-2-4-9-8(3-1)5-12-13-6-10-11-7-13/h1-4,6-7,12H,5H2. The molecule has 0 saturated heterocycles. The first kappa shape index (κ1) is 7.72. The largest absolute Gasteiger partial charge is 0.317 e. The molecule has 5 heteroatoms. The molecule has 2 heterocycles. The number of pyridine rings is 1. The van der Waals surface area contributed by atoms with Crippen LogP contribution in [0.3, 0.4) is 0 Å². The van der Waals surface area contributed by atoms with Gasteiger partial charge >= 0.3 is 0 Å². The lowest BCUT2D eigenvalue weighted by atomic mass is 10.4. The Balaban J connectivity index is 1.94. The van der Waals surface area contributed by atoms with Crippen molar-refractivity contribution in [3.05, 3.63) is 42.7 Å². The van der Waals surface area contributed by atoms with Crippen molar-refractivity contribution >= 4 is 0 Å². The smallest absolute Gasteiger partial charge is 0.138 e. The molecule has 0 amide bonds. The maximum absolute atomic E-state index is 4.16. The molecular formula is C8H9N5. The molecule has 0 aliphatic carbocycles. The fraction of sp³-hybridized carbons (Fsp3) is 0.125. The molecule has 0 aromatic carbocycles. The molecule has 0 aliphatic rings. The van der Waals surface area contributed by atoms with E-state index in [0.717, 1.165) is 5.69 Å².